The second kappa shape index (κ2) is 9.57. The number of anilines is 1. The first-order valence-corrected chi connectivity index (χ1v) is 12.8. The molecule has 0 bridgehead atoms. The fraction of sp³-hybridized carbons (Fsp3) is 0.333. The summed E-state index contributed by atoms with van der Waals surface area (Å²) in [5, 5.41) is 5.51. The predicted octanol–water partition coefficient (Wildman–Crippen LogP) is 1.84. The van der Waals surface area contributed by atoms with Gasteiger partial charge in [0.05, 0.1) is 25.2 Å². The summed E-state index contributed by atoms with van der Waals surface area (Å²) in [6.45, 7) is 3.06. The van der Waals surface area contributed by atoms with Gasteiger partial charge in [-0.25, -0.2) is 13.2 Å². The zero-order chi connectivity index (χ0) is 23.5. The molecule has 0 spiro atoms. The molecule has 1 aromatic heterocycles. The van der Waals surface area contributed by atoms with Gasteiger partial charge in [-0.05, 0) is 17.7 Å². The van der Waals surface area contributed by atoms with Crippen molar-refractivity contribution in [1.82, 2.24) is 19.1 Å². The van der Waals surface area contributed by atoms with Crippen LogP contribution in [0.3, 0.4) is 0 Å². The fourth-order valence-corrected chi connectivity index (χ4v) is 5.97. The average Bonchev–Trinajstić information content (AvgIpc) is 3.30. The Morgan fingerprint density at radius 3 is 2.24 bits per heavy atom. The van der Waals surface area contributed by atoms with E-state index in [1.165, 1.54) is 10.6 Å². The van der Waals surface area contributed by atoms with Crippen LogP contribution in [0.15, 0.2) is 72.9 Å². The van der Waals surface area contributed by atoms with Gasteiger partial charge in [-0.15, -0.1) is 5.06 Å². The van der Waals surface area contributed by atoms with Crippen LogP contribution in [-0.4, -0.2) is 78.1 Å². The van der Waals surface area contributed by atoms with E-state index in [4.69, 9.17) is 4.84 Å². The monoisotopic (exact) mass is 481 g/mol. The van der Waals surface area contributed by atoms with Crippen LogP contribution in [0.2, 0.25) is 0 Å². The number of carbonyl (C=O) groups is 1. The Morgan fingerprint density at radius 2 is 1.56 bits per heavy atom. The van der Waals surface area contributed by atoms with Gasteiger partial charge in [0.1, 0.15) is 5.25 Å². The summed E-state index contributed by atoms with van der Waals surface area (Å²) in [5.74, 6) is 0.382. The zero-order valence-corrected chi connectivity index (χ0v) is 19.5. The average molecular weight is 482 g/mol. The van der Waals surface area contributed by atoms with Crippen molar-refractivity contribution in [3.8, 4) is 0 Å². The van der Waals surface area contributed by atoms with Crippen LogP contribution in [0.25, 0.3) is 0 Å². The molecule has 2 fully saturated rings. The molecule has 0 unspecified atom stereocenters. The predicted molar refractivity (Wildman–Crippen MR) is 128 cm³/mol. The van der Waals surface area contributed by atoms with E-state index < -0.39 is 21.2 Å². The number of benzene rings is 2. The third kappa shape index (κ3) is 4.84. The van der Waals surface area contributed by atoms with Gasteiger partial charge < -0.3 is 9.74 Å². The lowest BCUT2D eigenvalue weighted by atomic mass is 10.2. The van der Waals surface area contributed by atoms with Crippen LogP contribution >= 0.6 is 0 Å². The standard InChI is InChI=1S/C24H27N5O4S/c30-24(21-9-5-2-6-10-21)33-28-18-22(19-28)34(31,32)29-15-13-26(14-16-29)23-11-12-27(25-23)17-20-7-3-1-4-8-20/h1-12,22H,13-19H2. The number of piperazine rings is 1. The van der Waals surface area contributed by atoms with Gasteiger partial charge in [-0.1, -0.05) is 48.5 Å². The van der Waals surface area contributed by atoms with Crippen LogP contribution < -0.4 is 4.90 Å². The van der Waals surface area contributed by atoms with Gasteiger partial charge in [-0.3, -0.25) is 4.68 Å². The second-order valence-corrected chi connectivity index (χ2v) is 10.7. The molecule has 0 radical (unpaired) electrons. The molecule has 0 aliphatic carbocycles. The van der Waals surface area contributed by atoms with Crippen molar-refractivity contribution in [2.24, 2.45) is 0 Å². The Hall–Kier alpha value is -3.21. The smallest absolute Gasteiger partial charge is 0.357 e. The largest absolute Gasteiger partial charge is 0.364 e. The Kier molecular flexibility index (Phi) is 6.36. The minimum absolute atomic E-state index is 0.186. The first kappa shape index (κ1) is 22.6. The third-order valence-electron chi connectivity index (χ3n) is 6.19. The molecule has 0 saturated carbocycles. The van der Waals surface area contributed by atoms with Gasteiger partial charge in [0.15, 0.2) is 5.82 Å². The third-order valence-corrected chi connectivity index (χ3v) is 8.42. The first-order chi connectivity index (χ1) is 16.5. The van der Waals surface area contributed by atoms with Crippen molar-refractivity contribution >= 4 is 21.8 Å². The van der Waals surface area contributed by atoms with E-state index in [0.717, 1.165) is 5.82 Å². The zero-order valence-electron chi connectivity index (χ0n) is 18.7. The molecule has 3 heterocycles. The van der Waals surface area contributed by atoms with E-state index in [-0.39, 0.29) is 13.1 Å². The lowest BCUT2D eigenvalue weighted by Gasteiger charge is -2.41. The molecule has 34 heavy (non-hydrogen) atoms. The fourth-order valence-electron chi connectivity index (χ4n) is 4.17. The lowest BCUT2D eigenvalue weighted by molar-refractivity contribution is -0.145. The van der Waals surface area contributed by atoms with E-state index in [2.05, 4.69) is 22.1 Å². The van der Waals surface area contributed by atoms with E-state index >= 15 is 0 Å². The number of nitrogens with zero attached hydrogens (tertiary/aromatic N) is 5. The molecule has 3 aromatic rings. The molecule has 178 valence electrons. The van der Waals surface area contributed by atoms with Gasteiger partial charge in [0, 0.05) is 38.4 Å². The number of carbonyl (C=O) groups excluding carboxylic acids is 1. The highest BCUT2D eigenvalue weighted by Crippen LogP contribution is 2.23. The normalized spacial score (nSPS) is 17.9. The minimum atomic E-state index is -3.45. The van der Waals surface area contributed by atoms with Crippen LogP contribution in [0.1, 0.15) is 15.9 Å². The summed E-state index contributed by atoms with van der Waals surface area (Å²) in [6.07, 6.45) is 1.95. The number of sulfonamides is 1. The minimum Gasteiger partial charge on any atom is -0.364 e. The summed E-state index contributed by atoms with van der Waals surface area (Å²) in [6, 6.07) is 20.8. The molecule has 0 amide bonds. The SMILES string of the molecule is O=C(ON1CC(S(=O)(=O)N2CCN(c3ccn(Cc4ccccc4)n3)CC2)C1)c1ccccc1. The highest BCUT2D eigenvalue weighted by molar-refractivity contribution is 7.89. The second-order valence-electron chi connectivity index (χ2n) is 8.50. The quantitative estimate of drug-likeness (QED) is 0.509. The number of aromatic nitrogens is 2. The summed E-state index contributed by atoms with van der Waals surface area (Å²) in [7, 11) is -3.45. The molecule has 2 aliphatic heterocycles. The Morgan fingerprint density at radius 1 is 0.912 bits per heavy atom. The molecular weight excluding hydrogens is 454 g/mol. The van der Waals surface area contributed by atoms with Crippen LogP contribution in [-0.2, 0) is 21.4 Å². The summed E-state index contributed by atoms with van der Waals surface area (Å²) in [5.41, 5.74) is 1.62. The maximum Gasteiger partial charge on any atom is 0.357 e. The van der Waals surface area contributed by atoms with Crippen molar-refractivity contribution in [2.75, 3.05) is 44.2 Å². The van der Waals surface area contributed by atoms with Gasteiger partial charge >= 0.3 is 5.97 Å². The molecule has 2 saturated heterocycles. The maximum atomic E-state index is 13.0. The van der Waals surface area contributed by atoms with Crippen LogP contribution in [0.5, 0.6) is 0 Å². The number of hydroxylamine groups is 2. The van der Waals surface area contributed by atoms with Crippen molar-refractivity contribution in [3.63, 3.8) is 0 Å². The van der Waals surface area contributed by atoms with E-state index in [0.29, 0.717) is 38.3 Å². The molecule has 9 nitrogen and oxygen atoms in total. The first-order valence-electron chi connectivity index (χ1n) is 11.3. The molecule has 5 rings (SSSR count). The number of rotatable bonds is 7. The van der Waals surface area contributed by atoms with Crippen molar-refractivity contribution in [2.45, 2.75) is 11.8 Å². The maximum absolute atomic E-state index is 13.0. The number of hydrogen-bond donors (Lipinski definition) is 0. The van der Waals surface area contributed by atoms with E-state index in [9.17, 15) is 13.2 Å². The summed E-state index contributed by atoms with van der Waals surface area (Å²) >= 11 is 0. The topological polar surface area (TPSA) is 88.0 Å². The van der Waals surface area contributed by atoms with Gasteiger partial charge in [0.2, 0.25) is 10.0 Å². The highest BCUT2D eigenvalue weighted by atomic mass is 32.2. The van der Waals surface area contributed by atoms with Crippen molar-refractivity contribution in [3.05, 3.63) is 84.1 Å². The van der Waals surface area contributed by atoms with E-state index in [1.54, 1.807) is 28.6 Å². The molecule has 0 atom stereocenters. The van der Waals surface area contributed by atoms with Crippen LogP contribution in [0.4, 0.5) is 5.82 Å². The Labute approximate surface area is 199 Å². The molecule has 2 aromatic carbocycles. The lowest BCUT2D eigenvalue weighted by Crippen LogP contribution is -2.60. The summed E-state index contributed by atoms with van der Waals surface area (Å²) < 4.78 is 29.5. The van der Waals surface area contributed by atoms with Gasteiger partial charge in [0.25, 0.3) is 0 Å². The van der Waals surface area contributed by atoms with Crippen molar-refractivity contribution < 1.29 is 18.0 Å². The molecule has 10 heteroatoms. The number of hydrogen-bond acceptors (Lipinski definition) is 7. The molecule has 2 aliphatic rings. The Bertz CT molecular complexity index is 1220. The van der Waals surface area contributed by atoms with Gasteiger partial charge in [-0.2, -0.15) is 9.40 Å². The van der Waals surface area contributed by atoms with Crippen molar-refractivity contribution in [1.29, 1.82) is 0 Å². The summed E-state index contributed by atoms with van der Waals surface area (Å²) in [4.78, 5) is 19.6. The Balaban J connectivity index is 1.11. The highest BCUT2D eigenvalue weighted by Gasteiger charge is 2.43. The molecular formula is C24H27N5O4S. The van der Waals surface area contributed by atoms with Crippen LogP contribution in [0, 0.1) is 0 Å². The van der Waals surface area contributed by atoms with E-state index in [1.807, 2.05) is 41.2 Å². The molecule has 0 N–H and O–H groups in total.